The zero-order chi connectivity index (χ0) is 15.8. The summed E-state index contributed by atoms with van der Waals surface area (Å²) in [5, 5.41) is 6.96. The summed E-state index contributed by atoms with van der Waals surface area (Å²) in [4.78, 5) is 3.60. The Balaban J connectivity index is 1.62. The quantitative estimate of drug-likeness (QED) is 0.773. The van der Waals surface area contributed by atoms with Gasteiger partial charge >= 0.3 is 0 Å². The monoisotopic (exact) mass is 350 g/mol. The summed E-state index contributed by atoms with van der Waals surface area (Å²) >= 11 is 7.47. The fraction of sp³-hybridized carbons (Fsp3) is 0.625. The van der Waals surface area contributed by atoms with Crippen LogP contribution in [0.25, 0.3) is 10.7 Å². The summed E-state index contributed by atoms with van der Waals surface area (Å²) in [6.45, 7) is 5.64. The number of hydrogen-bond acceptors (Lipinski definition) is 5. The number of rotatable bonds is 5. The smallest absolute Gasteiger partial charge is 0.199 e. The fourth-order valence-electron chi connectivity index (χ4n) is 3.09. The van der Waals surface area contributed by atoms with Crippen molar-refractivity contribution in [1.82, 2.24) is 19.2 Å². The van der Waals surface area contributed by atoms with Crippen LogP contribution in [0, 0.1) is 4.77 Å². The van der Waals surface area contributed by atoms with E-state index in [9.17, 15) is 0 Å². The summed E-state index contributed by atoms with van der Waals surface area (Å²) in [5.41, 5.74) is 0. The molecule has 1 aliphatic carbocycles. The van der Waals surface area contributed by atoms with Gasteiger partial charge in [-0.25, -0.2) is 4.68 Å². The van der Waals surface area contributed by atoms with Crippen LogP contribution in [0.3, 0.4) is 0 Å². The Morgan fingerprint density at radius 1 is 1.43 bits per heavy atom. The first-order valence-corrected chi connectivity index (χ1v) is 9.62. The van der Waals surface area contributed by atoms with Gasteiger partial charge in [-0.3, -0.25) is 9.47 Å². The van der Waals surface area contributed by atoms with Gasteiger partial charge in [0.05, 0.1) is 24.3 Å². The second kappa shape index (κ2) is 6.47. The third-order valence-corrected chi connectivity index (χ3v) is 5.81. The van der Waals surface area contributed by atoms with Crippen molar-refractivity contribution in [3.05, 3.63) is 22.3 Å². The number of thiophene rings is 1. The van der Waals surface area contributed by atoms with E-state index in [2.05, 4.69) is 33.9 Å². The molecule has 0 spiro atoms. The molecule has 0 N–H and O–H groups in total. The van der Waals surface area contributed by atoms with Crippen molar-refractivity contribution in [2.75, 3.05) is 19.7 Å². The van der Waals surface area contributed by atoms with Crippen molar-refractivity contribution in [2.24, 2.45) is 0 Å². The van der Waals surface area contributed by atoms with E-state index in [0.29, 0.717) is 12.1 Å². The van der Waals surface area contributed by atoms with Crippen molar-refractivity contribution in [3.63, 3.8) is 0 Å². The Hall–Kier alpha value is -1.02. The lowest BCUT2D eigenvalue weighted by atomic mass is 10.2. The van der Waals surface area contributed by atoms with Gasteiger partial charge in [-0.1, -0.05) is 13.0 Å². The van der Waals surface area contributed by atoms with Gasteiger partial charge in [0.1, 0.15) is 0 Å². The maximum Gasteiger partial charge on any atom is 0.199 e. The van der Waals surface area contributed by atoms with Gasteiger partial charge in [0.25, 0.3) is 0 Å². The molecule has 23 heavy (non-hydrogen) atoms. The second-order valence-corrected chi connectivity index (χ2v) is 7.62. The highest BCUT2D eigenvalue weighted by atomic mass is 32.1. The molecule has 2 fully saturated rings. The van der Waals surface area contributed by atoms with Gasteiger partial charge in [-0.2, -0.15) is 0 Å². The van der Waals surface area contributed by atoms with E-state index in [1.54, 1.807) is 11.3 Å². The maximum absolute atomic E-state index is 5.76. The predicted octanol–water partition coefficient (Wildman–Crippen LogP) is 3.55. The van der Waals surface area contributed by atoms with Gasteiger partial charge in [-0.15, -0.1) is 16.4 Å². The topological polar surface area (TPSA) is 35.2 Å². The lowest BCUT2D eigenvalue weighted by Gasteiger charge is -2.32. The zero-order valence-electron chi connectivity index (χ0n) is 13.4. The largest absolute Gasteiger partial charge is 0.376 e. The normalized spacial score (nSPS) is 22.6. The van der Waals surface area contributed by atoms with Crippen LogP contribution >= 0.6 is 23.6 Å². The molecule has 1 saturated carbocycles. The summed E-state index contributed by atoms with van der Waals surface area (Å²) < 4.78 is 10.9. The molecule has 2 aliphatic rings. The van der Waals surface area contributed by atoms with Crippen LogP contribution in [0.1, 0.15) is 32.2 Å². The molecular weight excluding hydrogens is 328 g/mol. The van der Waals surface area contributed by atoms with Gasteiger partial charge in [0, 0.05) is 19.1 Å². The lowest BCUT2D eigenvalue weighted by molar-refractivity contribution is -0.0412. The van der Waals surface area contributed by atoms with Gasteiger partial charge in [0.2, 0.25) is 0 Å². The number of morpholine rings is 1. The number of hydrogen-bond donors (Lipinski definition) is 0. The summed E-state index contributed by atoms with van der Waals surface area (Å²) in [7, 11) is 0. The van der Waals surface area contributed by atoms with Crippen LogP contribution in [-0.4, -0.2) is 45.0 Å². The van der Waals surface area contributed by atoms with E-state index in [1.165, 1.54) is 17.7 Å². The van der Waals surface area contributed by atoms with Crippen molar-refractivity contribution < 1.29 is 4.74 Å². The molecule has 1 aliphatic heterocycles. The SMILES string of the molecule is CC[C@H]1CN(Cn2nc(-c3cccs3)n(C3CC3)c2=S)CCO1. The first kappa shape index (κ1) is 15.5. The number of nitrogens with zero attached hydrogens (tertiary/aromatic N) is 4. The van der Waals surface area contributed by atoms with E-state index in [-0.39, 0.29) is 0 Å². The zero-order valence-corrected chi connectivity index (χ0v) is 15.0. The van der Waals surface area contributed by atoms with Gasteiger partial charge < -0.3 is 4.74 Å². The Bertz CT molecular complexity index is 717. The second-order valence-electron chi connectivity index (χ2n) is 6.30. The minimum absolute atomic E-state index is 0.334. The molecular formula is C16H22N4OS2. The Labute approximate surface area is 145 Å². The molecule has 124 valence electrons. The van der Waals surface area contributed by atoms with Crippen LogP contribution in [0.2, 0.25) is 0 Å². The van der Waals surface area contributed by atoms with Gasteiger partial charge in [0.15, 0.2) is 10.6 Å². The lowest BCUT2D eigenvalue weighted by Crippen LogP contribution is -2.43. The highest BCUT2D eigenvalue weighted by molar-refractivity contribution is 7.71. The minimum atomic E-state index is 0.334. The van der Waals surface area contributed by atoms with Gasteiger partial charge in [-0.05, 0) is 42.9 Å². The van der Waals surface area contributed by atoms with Crippen LogP contribution < -0.4 is 0 Å². The first-order valence-electron chi connectivity index (χ1n) is 8.33. The fourth-order valence-corrected chi connectivity index (χ4v) is 4.13. The van der Waals surface area contributed by atoms with E-state index >= 15 is 0 Å². The van der Waals surface area contributed by atoms with Crippen molar-refractivity contribution >= 4 is 23.6 Å². The predicted molar refractivity (Wildman–Crippen MR) is 94.2 cm³/mol. The van der Waals surface area contributed by atoms with E-state index in [1.807, 2.05) is 4.68 Å². The van der Waals surface area contributed by atoms with E-state index in [0.717, 1.165) is 43.4 Å². The van der Waals surface area contributed by atoms with Crippen molar-refractivity contribution in [2.45, 2.75) is 45.0 Å². The number of ether oxygens (including phenoxy) is 1. The molecule has 4 rings (SSSR count). The summed E-state index contributed by atoms with van der Waals surface area (Å²) in [5.74, 6) is 1.04. The highest BCUT2D eigenvalue weighted by Crippen LogP contribution is 2.39. The standard InChI is InChI=1S/C16H22N4OS2/c1-2-13-10-18(7-8-21-13)11-19-16(22)20(12-5-6-12)15(17-19)14-4-3-9-23-14/h3-4,9,12-13H,2,5-8,10-11H2,1H3/t13-/m0/s1. The minimum Gasteiger partial charge on any atom is -0.376 e. The molecule has 0 unspecified atom stereocenters. The van der Waals surface area contributed by atoms with Crippen molar-refractivity contribution in [3.8, 4) is 10.7 Å². The molecule has 0 bridgehead atoms. The van der Waals surface area contributed by atoms with Crippen LogP contribution in [-0.2, 0) is 11.4 Å². The Morgan fingerprint density at radius 3 is 3.00 bits per heavy atom. The maximum atomic E-state index is 5.76. The molecule has 1 saturated heterocycles. The molecule has 2 aromatic heterocycles. The van der Waals surface area contributed by atoms with E-state index < -0.39 is 0 Å². The summed E-state index contributed by atoms with van der Waals surface area (Å²) in [6, 6.07) is 4.75. The first-order chi connectivity index (χ1) is 11.3. The Kier molecular flexibility index (Phi) is 4.36. The number of aromatic nitrogens is 3. The van der Waals surface area contributed by atoms with Crippen LogP contribution in [0.4, 0.5) is 0 Å². The molecule has 2 aromatic rings. The van der Waals surface area contributed by atoms with Crippen LogP contribution in [0.5, 0.6) is 0 Å². The molecule has 3 heterocycles. The van der Waals surface area contributed by atoms with Crippen LogP contribution in [0.15, 0.2) is 17.5 Å². The highest BCUT2D eigenvalue weighted by Gasteiger charge is 2.30. The molecule has 0 radical (unpaired) electrons. The molecule has 0 amide bonds. The molecule has 1 atom stereocenters. The third-order valence-electron chi connectivity index (χ3n) is 4.54. The molecule has 7 heteroatoms. The Morgan fingerprint density at radius 2 is 2.30 bits per heavy atom. The van der Waals surface area contributed by atoms with E-state index in [4.69, 9.17) is 22.1 Å². The molecule has 0 aromatic carbocycles. The average molecular weight is 351 g/mol. The van der Waals surface area contributed by atoms with Crippen molar-refractivity contribution in [1.29, 1.82) is 0 Å². The average Bonchev–Trinajstić information content (AvgIpc) is 3.15. The third kappa shape index (κ3) is 3.15. The molecule has 5 nitrogen and oxygen atoms in total. The summed E-state index contributed by atoms with van der Waals surface area (Å²) in [6.07, 6.45) is 3.82.